The van der Waals surface area contributed by atoms with Gasteiger partial charge in [-0.1, -0.05) is 18.2 Å². The number of methoxy groups -OCH3 is 1. The lowest BCUT2D eigenvalue weighted by Gasteiger charge is -1.99. The zero-order valence-corrected chi connectivity index (χ0v) is 8.40. The van der Waals surface area contributed by atoms with Gasteiger partial charge >= 0.3 is 0 Å². The Balaban J connectivity index is 2.48. The van der Waals surface area contributed by atoms with Crippen LogP contribution in [0.1, 0.15) is 12.5 Å². The zero-order chi connectivity index (χ0) is 9.97. The lowest BCUT2D eigenvalue weighted by Crippen LogP contribution is -2.01. The Morgan fingerprint density at radius 2 is 2.29 bits per heavy atom. The Kier molecular flexibility index (Phi) is 2.45. The summed E-state index contributed by atoms with van der Waals surface area (Å²) in [5.41, 5.74) is 3.23. The van der Waals surface area contributed by atoms with Gasteiger partial charge < -0.3 is 4.74 Å². The second-order valence-electron chi connectivity index (χ2n) is 3.18. The molecule has 74 valence electrons. The molecule has 0 unspecified atom stereocenters. The van der Waals surface area contributed by atoms with Crippen LogP contribution in [0.4, 0.5) is 0 Å². The summed E-state index contributed by atoms with van der Waals surface area (Å²) in [5.74, 6) is 0. The summed E-state index contributed by atoms with van der Waals surface area (Å²) in [4.78, 5) is 0. The number of ether oxygens (including phenoxy) is 1. The molecule has 2 aromatic rings. The topological polar surface area (TPSA) is 39.9 Å². The Morgan fingerprint density at radius 1 is 1.43 bits per heavy atom. The first-order valence-corrected chi connectivity index (χ1v) is 4.66. The minimum Gasteiger partial charge on any atom is -0.362 e. The van der Waals surface area contributed by atoms with Crippen molar-refractivity contribution in [2.45, 2.75) is 20.1 Å². The monoisotopic (exact) mass is 191 g/mol. The summed E-state index contributed by atoms with van der Waals surface area (Å²) in [6.45, 7) is 2.57. The molecule has 0 aliphatic heterocycles. The van der Waals surface area contributed by atoms with Gasteiger partial charge in [0.25, 0.3) is 0 Å². The maximum atomic E-state index is 5.01. The van der Waals surface area contributed by atoms with Crippen LogP contribution in [0.2, 0.25) is 0 Å². The van der Waals surface area contributed by atoms with Crippen LogP contribution >= 0.6 is 0 Å². The molecule has 0 N–H and O–H groups in total. The average molecular weight is 191 g/mol. The number of aromatic nitrogens is 3. The maximum Gasteiger partial charge on any atom is 0.141 e. The van der Waals surface area contributed by atoms with E-state index in [1.165, 1.54) is 5.56 Å². The summed E-state index contributed by atoms with van der Waals surface area (Å²) in [7, 11) is 1.65. The first kappa shape index (κ1) is 9.15. The molecule has 1 aromatic carbocycles. The van der Waals surface area contributed by atoms with E-state index in [0.717, 1.165) is 17.5 Å². The van der Waals surface area contributed by atoms with E-state index in [-0.39, 0.29) is 0 Å². The van der Waals surface area contributed by atoms with Gasteiger partial charge in [-0.2, -0.15) is 0 Å². The summed E-state index contributed by atoms with van der Waals surface area (Å²) in [5, 5.41) is 8.08. The molecule has 0 saturated carbocycles. The third-order valence-electron chi connectivity index (χ3n) is 2.24. The summed E-state index contributed by atoms with van der Waals surface area (Å²) in [6, 6.07) is 6.19. The van der Waals surface area contributed by atoms with E-state index in [2.05, 4.69) is 29.4 Å². The molecule has 0 aliphatic rings. The molecule has 0 radical (unpaired) electrons. The van der Waals surface area contributed by atoms with Gasteiger partial charge in [0.15, 0.2) is 0 Å². The largest absolute Gasteiger partial charge is 0.362 e. The van der Waals surface area contributed by atoms with Gasteiger partial charge in [0.2, 0.25) is 0 Å². The number of rotatable bonds is 3. The molecule has 2 rings (SSSR count). The van der Waals surface area contributed by atoms with Gasteiger partial charge in [-0.05, 0) is 24.1 Å². The third-order valence-corrected chi connectivity index (χ3v) is 2.24. The molecule has 0 amide bonds. The van der Waals surface area contributed by atoms with Crippen molar-refractivity contribution in [2.24, 2.45) is 0 Å². The van der Waals surface area contributed by atoms with Gasteiger partial charge in [0.1, 0.15) is 12.2 Å². The summed E-state index contributed by atoms with van der Waals surface area (Å²) < 4.78 is 6.76. The normalized spacial score (nSPS) is 11.0. The van der Waals surface area contributed by atoms with E-state index in [1.54, 1.807) is 11.8 Å². The zero-order valence-electron chi connectivity index (χ0n) is 8.40. The molecule has 0 atom stereocenters. The summed E-state index contributed by atoms with van der Waals surface area (Å²) in [6.07, 6.45) is 1.02. The minimum absolute atomic E-state index is 0.446. The van der Waals surface area contributed by atoms with Crippen molar-refractivity contribution in [3.63, 3.8) is 0 Å². The van der Waals surface area contributed by atoms with Crippen molar-refractivity contribution in [3.8, 4) is 0 Å². The number of hydrogen-bond acceptors (Lipinski definition) is 3. The van der Waals surface area contributed by atoms with Crippen LogP contribution in [-0.4, -0.2) is 22.1 Å². The van der Waals surface area contributed by atoms with E-state index in [4.69, 9.17) is 4.74 Å². The van der Waals surface area contributed by atoms with Gasteiger partial charge in [0.05, 0.1) is 5.52 Å². The quantitative estimate of drug-likeness (QED) is 0.739. The van der Waals surface area contributed by atoms with Crippen LogP contribution in [-0.2, 0) is 17.9 Å². The van der Waals surface area contributed by atoms with E-state index in [9.17, 15) is 0 Å². The van der Waals surface area contributed by atoms with Gasteiger partial charge in [-0.15, -0.1) is 5.10 Å². The molecule has 4 heteroatoms. The van der Waals surface area contributed by atoms with E-state index in [0.29, 0.717) is 6.73 Å². The van der Waals surface area contributed by atoms with Crippen molar-refractivity contribution in [1.82, 2.24) is 15.0 Å². The van der Waals surface area contributed by atoms with Crippen LogP contribution in [0.15, 0.2) is 18.2 Å². The molecule has 0 saturated heterocycles. The molecule has 1 aromatic heterocycles. The highest BCUT2D eigenvalue weighted by atomic mass is 16.5. The SMILES string of the molecule is CCc1ccc2c(c1)nnn2COC. The second-order valence-corrected chi connectivity index (χ2v) is 3.18. The molecular weight excluding hydrogens is 178 g/mol. The fourth-order valence-electron chi connectivity index (χ4n) is 1.46. The van der Waals surface area contributed by atoms with Crippen molar-refractivity contribution in [3.05, 3.63) is 23.8 Å². The van der Waals surface area contributed by atoms with E-state index < -0.39 is 0 Å². The molecule has 0 aliphatic carbocycles. The van der Waals surface area contributed by atoms with Gasteiger partial charge in [-0.3, -0.25) is 0 Å². The van der Waals surface area contributed by atoms with Gasteiger partial charge in [-0.25, -0.2) is 4.68 Å². The first-order valence-electron chi connectivity index (χ1n) is 4.66. The molecule has 0 bridgehead atoms. The van der Waals surface area contributed by atoms with Crippen molar-refractivity contribution >= 4 is 11.0 Å². The second kappa shape index (κ2) is 3.75. The van der Waals surface area contributed by atoms with Crippen molar-refractivity contribution in [1.29, 1.82) is 0 Å². The number of hydrogen-bond donors (Lipinski definition) is 0. The Hall–Kier alpha value is -1.42. The Morgan fingerprint density at radius 3 is 3.00 bits per heavy atom. The van der Waals surface area contributed by atoms with Crippen molar-refractivity contribution in [2.75, 3.05) is 7.11 Å². The van der Waals surface area contributed by atoms with Gasteiger partial charge in [0, 0.05) is 7.11 Å². The van der Waals surface area contributed by atoms with Crippen LogP contribution in [0.5, 0.6) is 0 Å². The third kappa shape index (κ3) is 1.48. The highest BCUT2D eigenvalue weighted by Crippen LogP contribution is 2.13. The molecule has 0 fully saturated rings. The van der Waals surface area contributed by atoms with Crippen LogP contribution in [0, 0.1) is 0 Å². The lowest BCUT2D eigenvalue weighted by atomic mass is 10.1. The van der Waals surface area contributed by atoms with Crippen LogP contribution < -0.4 is 0 Å². The number of nitrogens with zero attached hydrogens (tertiary/aromatic N) is 3. The molecule has 1 heterocycles. The standard InChI is InChI=1S/C10H13N3O/c1-3-8-4-5-10-9(6-8)11-12-13(10)7-14-2/h4-6H,3,7H2,1-2H3. The Labute approximate surface area is 82.5 Å². The minimum atomic E-state index is 0.446. The average Bonchev–Trinajstić information content (AvgIpc) is 2.61. The first-order chi connectivity index (χ1) is 6.85. The Bertz CT molecular complexity index is 436. The predicted molar refractivity (Wildman–Crippen MR) is 53.9 cm³/mol. The van der Waals surface area contributed by atoms with Crippen LogP contribution in [0.3, 0.4) is 0 Å². The lowest BCUT2D eigenvalue weighted by molar-refractivity contribution is 0.122. The van der Waals surface area contributed by atoms with Crippen LogP contribution in [0.25, 0.3) is 11.0 Å². The summed E-state index contributed by atoms with van der Waals surface area (Å²) >= 11 is 0. The molecule has 4 nitrogen and oxygen atoms in total. The smallest absolute Gasteiger partial charge is 0.141 e. The highest BCUT2D eigenvalue weighted by molar-refractivity contribution is 5.74. The fraction of sp³-hybridized carbons (Fsp3) is 0.400. The van der Waals surface area contributed by atoms with E-state index in [1.807, 2.05) is 6.07 Å². The van der Waals surface area contributed by atoms with E-state index >= 15 is 0 Å². The number of aryl methyl sites for hydroxylation is 1. The molecule has 0 spiro atoms. The number of fused-ring (bicyclic) bond motifs is 1. The highest BCUT2D eigenvalue weighted by Gasteiger charge is 2.03. The fourth-order valence-corrected chi connectivity index (χ4v) is 1.46. The molecular formula is C10H13N3O. The predicted octanol–water partition coefficient (Wildman–Crippen LogP) is 1.60. The maximum absolute atomic E-state index is 5.01. The van der Waals surface area contributed by atoms with Crippen molar-refractivity contribution < 1.29 is 4.74 Å². The number of benzene rings is 1. The molecule has 14 heavy (non-hydrogen) atoms.